The van der Waals surface area contributed by atoms with Gasteiger partial charge in [0.15, 0.2) is 0 Å². The van der Waals surface area contributed by atoms with E-state index in [0.717, 1.165) is 16.1 Å². The van der Waals surface area contributed by atoms with Crippen molar-refractivity contribution in [1.29, 1.82) is 0 Å². The molecular weight excluding hydrogens is 234 g/mol. The summed E-state index contributed by atoms with van der Waals surface area (Å²) in [5, 5.41) is 0. The van der Waals surface area contributed by atoms with E-state index in [1.165, 1.54) is 11.8 Å². The van der Waals surface area contributed by atoms with E-state index in [2.05, 4.69) is 0 Å². The second-order valence-electron chi connectivity index (χ2n) is 4.90. The van der Waals surface area contributed by atoms with Crippen LogP contribution in [0.2, 0.25) is 0 Å². The standard InChI is InChI=1S/C13H19NO2S/c1-9-7-10(14)5-6-11(9)17-8-12(15)16-13(2,3)4/h5-7H,8,14H2,1-4H3. The molecule has 3 nitrogen and oxygen atoms in total. The van der Waals surface area contributed by atoms with Gasteiger partial charge in [-0.05, 0) is 51.5 Å². The number of hydrogen-bond acceptors (Lipinski definition) is 4. The van der Waals surface area contributed by atoms with Crippen LogP contribution in [0.15, 0.2) is 23.1 Å². The minimum Gasteiger partial charge on any atom is -0.459 e. The summed E-state index contributed by atoms with van der Waals surface area (Å²) < 4.78 is 5.24. The van der Waals surface area contributed by atoms with Gasteiger partial charge in [0, 0.05) is 10.6 Å². The molecular formula is C13H19NO2S. The molecule has 0 saturated carbocycles. The lowest BCUT2D eigenvalue weighted by Crippen LogP contribution is -2.24. The van der Waals surface area contributed by atoms with Crippen molar-refractivity contribution in [3.63, 3.8) is 0 Å². The van der Waals surface area contributed by atoms with Crippen LogP contribution in [-0.4, -0.2) is 17.3 Å². The first kappa shape index (κ1) is 13.9. The fourth-order valence-electron chi connectivity index (χ4n) is 1.34. The van der Waals surface area contributed by atoms with Crippen molar-refractivity contribution in [2.24, 2.45) is 0 Å². The fraction of sp³-hybridized carbons (Fsp3) is 0.462. The molecule has 0 radical (unpaired) electrons. The monoisotopic (exact) mass is 253 g/mol. The van der Waals surface area contributed by atoms with Gasteiger partial charge in [0.05, 0.1) is 5.75 Å². The number of aryl methyl sites for hydroxylation is 1. The third-order valence-electron chi connectivity index (χ3n) is 1.96. The summed E-state index contributed by atoms with van der Waals surface area (Å²) >= 11 is 1.47. The number of ether oxygens (including phenoxy) is 1. The molecule has 1 aromatic rings. The average molecular weight is 253 g/mol. The zero-order valence-corrected chi connectivity index (χ0v) is 11.6. The van der Waals surface area contributed by atoms with Crippen molar-refractivity contribution in [1.82, 2.24) is 0 Å². The number of carbonyl (C=O) groups excluding carboxylic acids is 1. The summed E-state index contributed by atoms with van der Waals surface area (Å²) in [5.41, 5.74) is 7.06. The number of thioether (sulfide) groups is 1. The first-order valence-corrected chi connectivity index (χ1v) is 6.47. The topological polar surface area (TPSA) is 52.3 Å². The number of hydrogen-bond donors (Lipinski definition) is 1. The van der Waals surface area contributed by atoms with Crippen molar-refractivity contribution in [2.45, 2.75) is 38.2 Å². The Balaban J connectivity index is 2.53. The molecule has 1 aromatic carbocycles. The van der Waals surface area contributed by atoms with Gasteiger partial charge in [0.2, 0.25) is 0 Å². The molecule has 0 amide bonds. The molecule has 0 aliphatic heterocycles. The van der Waals surface area contributed by atoms with Gasteiger partial charge in [-0.2, -0.15) is 0 Å². The van der Waals surface area contributed by atoms with Crippen molar-refractivity contribution >= 4 is 23.4 Å². The van der Waals surface area contributed by atoms with E-state index < -0.39 is 5.60 Å². The third-order valence-corrected chi connectivity index (χ3v) is 3.11. The van der Waals surface area contributed by atoms with Gasteiger partial charge >= 0.3 is 5.97 Å². The summed E-state index contributed by atoms with van der Waals surface area (Å²) in [7, 11) is 0. The maximum absolute atomic E-state index is 11.5. The molecule has 4 heteroatoms. The van der Waals surface area contributed by atoms with E-state index in [1.807, 2.05) is 45.9 Å². The first-order chi connectivity index (χ1) is 7.78. The molecule has 2 N–H and O–H groups in total. The second kappa shape index (κ2) is 5.45. The first-order valence-electron chi connectivity index (χ1n) is 5.49. The molecule has 17 heavy (non-hydrogen) atoms. The second-order valence-corrected chi connectivity index (χ2v) is 5.92. The molecule has 0 heterocycles. The zero-order chi connectivity index (χ0) is 13.1. The molecule has 0 aromatic heterocycles. The highest BCUT2D eigenvalue weighted by Gasteiger charge is 2.16. The van der Waals surface area contributed by atoms with Crippen molar-refractivity contribution < 1.29 is 9.53 Å². The summed E-state index contributed by atoms with van der Waals surface area (Å²) in [6.07, 6.45) is 0. The van der Waals surface area contributed by atoms with Crippen LogP contribution in [0.4, 0.5) is 5.69 Å². The van der Waals surface area contributed by atoms with E-state index in [4.69, 9.17) is 10.5 Å². The van der Waals surface area contributed by atoms with E-state index in [9.17, 15) is 4.79 Å². The Morgan fingerprint density at radius 3 is 2.59 bits per heavy atom. The van der Waals surface area contributed by atoms with Gasteiger partial charge in [-0.1, -0.05) is 0 Å². The average Bonchev–Trinajstić information content (AvgIpc) is 2.13. The van der Waals surface area contributed by atoms with Crippen molar-refractivity contribution in [2.75, 3.05) is 11.5 Å². The Morgan fingerprint density at radius 1 is 1.41 bits per heavy atom. The van der Waals surface area contributed by atoms with Crippen LogP contribution in [0.5, 0.6) is 0 Å². The summed E-state index contributed by atoms with van der Waals surface area (Å²) in [6.45, 7) is 7.58. The highest BCUT2D eigenvalue weighted by molar-refractivity contribution is 8.00. The Labute approximate surface area is 107 Å². The molecule has 1 rings (SSSR count). The highest BCUT2D eigenvalue weighted by atomic mass is 32.2. The van der Waals surface area contributed by atoms with Crippen molar-refractivity contribution in [3.05, 3.63) is 23.8 Å². The van der Waals surface area contributed by atoms with E-state index in [1.54, 1.807) is 0 Å². The van der Waals surface area contributed by atoms with E-state index in [-0.39, 0.29) is 5.97 Å². The van der Waals surface area contributed by atoms with Gasteiger partial charge in [-0.3, -0.25) is 4.79 Å². The number of rotatable bonds is 3. The lowest BCUT2D eigenvalue weighted by atomic mass is 10.2. The summed E-state index contributed by atoms with van der Waals surface area (Å²) in [6, 6.07) is 5.67. The van der Waals surface area contributed by atoms with Crippen molar-refractivity contribution in [3.8, 4) is 0 Å². The molecule has 0 spiro atoms. The quantitative estimate of drug-likeness (QED) is 0.511. The molecule has 0 aliphatic rings. The van der Waals surface area contributed by atoms with Crippen LogP contribution >= 0.6 is 11.8 Å². The summed E-state index contributed by atoms with van der Waals surface area (Å²) in [4.78, 5) is 12.6. The van der Waals surface area contributed by atoms with E-state index in [0.29, 0.717) is 5.75 Å². The molecule has 0 atom stereocenters. The Hall–Kier alpha value is -1.16. The molecule has 0 unspecified atom stereocenters. The maximum Gasteiger partial charge on any atom is 0.316 e. The largest absolute Gasteiger partial charge is 0.459 e. The Bertz CT molecular complexity index is 410. The third kappa shape index (κ3) is 5.13. The fourth-order valence-corrected chi connectivity index (χ4v) is 2.13. The Morgan fingerprint density at radius 2 is 2.06 bits per heavy atom. The smallest absolute Gasteiger partial charge is 0.316 e. The van der Waals surface area contributed by atoms with Gasteiger partial charge in [0.1, 0.15) is 5.60 Å². The normalized spacial score (nSPS) is 11.3. The molecule has 94 valence electrons. The van der Waals surface area contributed by atoms with Crippen LogP contribution in [0.25, 0.3) is 0 Å². The van der Waals surface area contributed by atoms with Gasteiger partial charge in [-0.15, -0.1) is 11.8 Å². The predicted octanol–water partition coefficient (Wildman–Crippen LogP) is 3.01. The van der Waals surface area contributed by atoms with Crippen LogP contribution in [0.3, 0.4) is 0 Å². The number of nitrogen functional groups attached to an aromatic ring is 1. The minimum absolute atomic E-state index is 0.196. The number of esters is 1. The van der Waals surface area contributed by atoms with Crippen LogP contribution < -0.4 is 5.73 Å². The zero-order valence-electron chi connectivity index (χ0n) is 10.7. The van der Waals surface area contributed by atoms with Gasteiger partial charge < -0.3 is 10.5 Å². The predicted molar refractivity (Wildman–Crippen MR) is 72.2 cm³/mol. The lowest BCUT2D eigenvalue weighted by Gasteiger charge is -2.19. The number of nitrogens with two attached hydrogens (primary N) is 1. The Kier molecular flexibility index (Phi) is 4.46. The summed E-state index contributed by atoms with van der Waals surface area (Å²) in [5.74, 6) is 0.126. The lowest BCUT2D eigenvalue weighted by molar-refractivity contribution is -0.151. The number of benzene rings is 1. The van der Waals surface area contributed by atoms with Gasteiger partial charge in [-0.25, -0.2) is 0 Å². The number of carbonyl (C=O) groups is 1. The maximum atomic E-state index is 11.5. The van der Waals surface area contributed by atoms with Crippen LogP contribution in [0.1, 0.15) is 26.3 Å². The SMILES string of the molecule is Cc1cc(N)ccc1SCC(=O)OC(C)(C)C. The molecule has 0 aliphatic carbocycles. The van der Waals surface area contributed by atoms with Crippen LogP contribution in [0, 0.1) is 6.92 Å². The van der Waals surface area contributed by atoms with Gasteiger partial charge in [0.25, 0.3) is 0 Å². The number of anilines is 1. The molecule has 0 bridgehead atoms. The minimum atomic E-state index is -0.423. The van der Waals surface area contributed by atoms with E-state index >= 15 is 0 Å². The molecule has 0 fully saturated rings. The molecule has 0 saturated heterocycles. The highest BCUT2D eigenvalue weighted by Crippen LogP contribution is 2.24. The van der Waals surface area contributed by atoms with Crippen LogP contribution in [-0.2, 0) is 9.53 Å².